The highest BCUT2D eigenvalue weighted by atomic mass is 32.2. The molecule has 2 amide bonds. The van der Waals surface area contributed by atoms with Gasteiger partial charge in [0.25, 0.3) is 5.95 Å². The van der Waals surface area contributed by atoms with Crippen LogP contribution < -0.4 is 5.32 Å². The lowest BCUT2D eigenvalue weighted by atomic mass is 10.1. The first-order valence-corrected chi connectivity index (χ1v) is 9.31. The van der Waals surface area contributed by atoms with Gasteiger partial charge >= 0.3 is 6.03 Å². The number of nitrogens with one attached hydrogen (secondary N) is 1. The van der Waals surface area contributed by atoms with E-state index in [9.17, 15) is 4.79 Å². The zero-order valence-electron chi connectivity index (χ0n) is 14.0. The summed E-state index contributed by atoms with van der Waals surface area (Å²) in [6.07, 6.45) is 4.35. The van der Waals surface area contributed by atoms with Gasteiger partial charge in [-0.15, -0.1) is 0 Å². The van der Waals surface area contributed by atoms with E-state index in [1.54, 1.807) is 23.1 Å². The van der Waals surface area contributed by atoms with Gasteiger partial charge in [-0.3, -0.25) is 5.32 Å². The van der Waals surface area contributed by atoms with Crippen molar-refractivity contribution in [2.45, 2.75) is 26.2 Å². The Bertz CT molecular complexity index is 679. The van der Waals surface area contributed by atoms with Gasteiger partial charge in [-0.05, 0) is 24.2 Å². The molecular weight excluding hydrogens is 324 g/mol. The van der Waals surface area contributed by atoms with E-state index in [4.69, 9.17) is 0 Å². The number of carbonyl (C=O) groups is 1. The molecule has 0 atom stereocenters. The van der Waals surface area contributed by atoms with Crippen LogP contribution in [0.3, 0.4) is 0 Å². The maximum absolute atomic E-state index is 12.6. The molecule has 0 aromatic carbocycles. The zero-order valence-corrected chi connectivity index (χ0v) is 14.8. The number of nitrogens with zero attached hydrogens (tertiary/aromatic N) is 5. The summed E-state index contributed by atoms with van der Waals surface area (Å²) >= 11 is 1.89. The van der Waals surface area contributed by atoms with Crippen LogP contribution in [0.1, 0.15) is 31.9 Å². The Balaban J connectivity index is 1.84. The smallest absolute Gasteiger partial charge is 0.323 e. The molecule has 1 fully saturated rings. The average Bonchev–Trinajstić information content (AvgIpc) is 2.81. The summed E-state index contributed by atoms with van der Waals surface area (Å²) in [5.41, 5.74) is 0.893. The van der Waals surface area contributed by atoms with Gasteiger partial charge in [0.15, 0.2) is 0 Å². The van der Waals surface area contributed by atoms with Gasteiger partial charge < -0.3 is 4.90 Å². The third-order valence-electron chi connectivity index (χ3n) is 3.81. The number of carbonyl (C=O) groups excluding carboxylic acids is 1. The third kappa shape index (κ3) is 3.87. The molecule has 0 radical (unpaired) electrons. The average molecular weight is 346 g/mol. The second kappa shape index (κ2) is 7.65. The summed E-state index contributed by atoms with van der Waals surface area (Å²) in [4.78, 5) is 22.9. The van der Waals surface area contributed by atoms with Crippen molar-refractivity contribution in [3.05, 3.63) is 30.2 Å². The highest BCUT2D eigenvalue weighted by Crippen LogP contribution is 2.21. The maximum atomic E-state index is 12.6. The lowest BCUT2D eigenvalue weighted by Crippen LogP contribution is -2.37. The molecule has 1 N–H and O–H groups in total. The first kappa shape index (κ1) is 16.8. The first-order chi connectivity index (χ1) is 11.6. The number of amides is 2. The van der Waals surface area contributed by atoms with Crippen LogP contribution in [0.2, 0.25) is 0 Å². The summed E-state index contributed by atoms with van der Waals surface area (Å²) in [5.74, 6) is 3.39. The molecule has 0 aliphatic carbocycles. The minimum Gasteiger partial charge on any atom is -0.324 e. The van der Waals surface area contributed by atoms with E-state index in [1.807, 2.05) is 22.7 Å². The Kier molecular flexibility index (Phi) is 5.34. The molecule has 128 valence electrons. The number of hydrogen-bond acceptors (Lipinski definition) is 5. The number of urea groups is 1. The van der Waals surface area contributed by atoms with Gasteiger partial charge in [-0.25, -0.2) is 14.8 Å². The van der Waals surface area contributed by atoms with Crippen LogP contribution in [0.15, 0.2) is 24.5 Å². The Morgan fingerprint density at radius 1 is 1.25 bits per heavy atom. The molecule has 1 saturated heterocycles. The van der Waals surface area contributed by atoms with Gasteiger partial charge in [0.2, 0.25) is 0 Å². The Labute approximate surface area is 145 Å². The lowest BCUT2D eigenvalue weighted by Gasteiger charge is -2.20. The minimum atomic E-state index is -0.0927. The third-order valence-corrected chi connectivity index (χ3v) is 4.85. The van der Waals surface area contributed by atoms with Crippen molar-refractivity contribution in [3.63, 3.8) is 0 Å². The van der Waals surface area contributed by atoms with E-state index in [0.717, 1.165) is 36.7 Å². The second-order valence-corrected chi connectivity index (χ2v) is 7.18. The van der Waals surface area contributed by atoms with E-state index < -0.39 is 0 Å². The molecule has 2 aromatic rings. The maximum Gasteiger partial charge on any atom is 0.323 e. The summed E-state index contributed by atoms with van der Waals surface area (Å²) in [5, 5.41) is 7.53. The molecule has 2 aromatic heterocycles. The van der Waals surface area contributed by atoms with Crippen molar-refractivity contribution < 1.29 is 4.79 Å². The Morgan fingerprint density at radius 3 is 2.79 bits per heavy atom. The van der Waals surface area contributed by atoms with Crippen LogP contribution >= 0.6 is 11.8 Å². The molecule has 0 bridgehead atoms. The topological polar surface area (TPSA) is 75.9 Å². The second-order valence-electron chi connectivity index (χ2n) is 5.95. The molecule has 3 rings (SSSR count). The number of anilines is 1. The predicted octanol–water partition coefficient (Wildman–Crippen LogP) is 2.76. The van der Waals surface area contributed by atoms with Crippen LogP contribution in [0.5, 0.6) is 0 Å². The number of thioether (sulfide) groups is 1. The highest BCUT2D eigenvalue weighted by molar-refractivity contribution is 7.99. The summed E-state index contributed by atoms with van der Waals surface area (Å²) in [7, 11) is 0. The molecule has 0 saturated carbocycles. The predicted molar refractivity (Wildman–Crippen MR) is 95.8 cm³/mol. The van der Waals surface area contributed by atoms with Gasteiger partial charge in [0, 0.05) is 37.3 Å². The SMILES string of the molecule is CC(C)c1cc(NC(=O)N2CCCSCC2)n(-c2ncccn2)n1. The lowest BCUT2D eigenvalue weighted by molar-refractivity contribution is 0.215. The number of hydrogen-bond donors (Lipinski definition) is 1. The molecule has 8 heteroatoms. The summed E-state index contributed by atoms with van der Waals surface area (Å²) in [6.45, 7) is 5.68. The van der Waals surface area contributed by atoms with Crippen molar-refractivity contribution in [1.82, 2.24) is 24.6 Å². The van der Waals surface area contributed by atoms with Crippen LogP contribution in [0.4, 0.5) is 10.6 Å². The number of rotatable bonds is 3. The van der Waals surface area contributed by atoms with Crippen LogP contribution in [0.25, 0.3) is 5.95 Å². The fourth-order valence-electron chi connectivity index (χ4n) is 2.46. The van der Waals surface area contributed by atoms with Crippen LogP contribution in [0, 0.1) is 0 Å². The fourth-order valence-corrected chi connectivity index (χ4v) is 3.35. The minimum absolute atomic E-state index is 0.0927. The molecule has 24 heavy (non-hydrogen) atoms. The van der Waals surface area contributed by atoms with E-state index in [1.165, 1.54) is 0 Å². The van der Waals surface area contributed by atoms with Crippen LogP contribution in [-0.2, 0) is 0 Å². The van der Waals surface area contributed by atoms with Crippen molar-refractivity contribution in [1.29, 1.82) is 0 Å². The summed E-state index contributed by atoms with van der Waals surface area (Å²) in [6, 6.07) is 3.56. The van der Waals surface area contributed by atoms with Crippen molar-refractivity contribution in [2.24, 2.45) is 0 Å². The van der Waals surface area contributed by atoms with Gasteiger partial charge in [0.05, 0.1) is 5.69 Å². The highest BCUT2D eigenvalue weighted by Gasteiger charge is 2.20. The molecule has 7 nitrogen and oxygen atoms in total. The molecule has 1 aliphatic heterocycles. The monoisotopic (exact) mass is 346 g/mol. The Hall–Kier alpha value is -2.09. The molecular formula is C16H22N6OS. The normalized spacial score (nSPS) is 15.4. The van der Waals surface area contributed by atoms with Gasteiger partial charge in [-0.2, -0.15) is 21.5 Å². The van der Waals surface area contributed by atoms with E-state index in [-0.39, 0.29) is 11.9 Å². The Morgan fingerprint density at radius 2 is 2.04 bits per heavy atom. The van der Waals surface area contributed by atoms with Gasteiger partial charge in [-0.1, -0.05) is 13.8 Å². The number of aromatic nitrogens is 4. The van der Waals surface area contributed by atoms with Crippen LogP contribution in [-0.4, -0.2) is 55.3 Å². The fraction of sp³-hybridized carbons (Fsp3) is 0.500. The van der Waals surface area contributed by atoms with E-state index in [2.05, 4.69) is 34.2 Å². The largest absolute Gasteiger partial charge is 0.324 e. The zero-order chi connectivity index (χ0) is 16.9. The molecule has 0 unspecified atom stereocenters. The molecule has 0 spiro atoms. The van der Waals surface area contributed by atoms with Crippen molar-refractivity contribution >= 4 is 23.6 Å². The van der Waals surface area contributed by atoms with E-state index in [0.29, 0.717) is 11.8 Å². The van der Waals surface area contributed by atoms with E-state index >= 15 is 0 Å². The summed E-state index contributed by atoms with van der Waals surface area (Å²) < 4.78 is 1.60. The van der Waals surface area contributed by atoms with Crippen molar-refractivity contribution in [3.8, 4) is 5.95 Å². The first-order valence-electron chi connectivity index (χ1n) is 8.16. The van der Waals surface area contributed by atoms with Crippen molar-refractivity contribution in [2.75, 3.05) is 29.9 Å². The van der Waals surface area contributed by atoms with Gasteiger partial charge in [0.1, 0.15) is 5.82 Å². The standard InChI is InChI=1S/C16H22N6OS/c1-12(2)13-11-14(22(20-13)15-17-5-3-6-18-15)19-16(23)21-7-4-9-24-10-8-21/h3,5-6,11-12H,4,7-10H2,1-2H3,(H,19,23). The molecule has 1 aliphatic rings. The quantitative estimate of drug-likeness (QED) is 0.925. The molecule has 3 heterocycles.